The van der Waals surface area contributed by atoms with E-state index in [1.807, 2.05) is 30.3 Å². The molecular weight excluding hydrogens is 336 g/mol. The molecule has 0 saturated heterocycles. The zero-order chi connectivity index (χ0) is 17.9. The van der Waals surface area contributed by atoms with Crippen LogP contribution in [0.15, 0.2) is 94.2 Å². The molecule has 0 saturated carbocycles. The summed E-state index contributed by atoms with van der Waals surface area (Å²) >= 11 is 0. The van der Waals surface area contributed by atoms with E-state index in [1.54, 1.807) is 0 Å². The number of hydrogen-bond acceptors (Lipinski definition) is 1. The Labute approximate surface area is 157 Å². The van der Waals surface area contributed by atoms with Gasteiger partial charge in [0.15, 0.2) is 5.17 Å². The van der Waals surface area contributed by atoms with E-state index in [2.05, 4.69) is 73.1 Å². The molecule has 1 aliphatic heterocycles. The van der Waals surface area contributed by atoms with E-state index < -0.39 is 10.9 Å². The molecule has 1 aliphatic rings. The predicted molar refractivity (Wildman–Crippen MR) is 114 cm³/mol. The first-order valence-electron chi connectivity index (χ1n) is 8.74. The molecule has 2 nitrogen and oxygen atoms in total. The van der Waals surface area contributed by atoms with Gasteiger partial charge in [0, 0.05) is 0 Å². The zero-order valence-electron chi connectivity index (χ0n) is 15.0. The minimum Gasteiger partial charge on any atom is -0.335 e. The maximum Gasteiger partial charge on any atom is 0.153 e. The lowest BCUT2D eigenvalue weighted by molar-refractivity contribution is 1.31. The predicted octanol–water partition coefficient (Wildman–Crippen LogP) is 5.95. The average molecular weight is 359 g/mol. The Morgan fingerprint density at radius 3 is 2.27 bits per heavy atom. The van der Waals surface area contributed by atoms with E-state index in [0.29, 0.717) is 0 Å². The molecule has 0 bridgehead atoms. The summed E-state index contributed by atoms with van der Waals surface area (Å²) in [4.78, 5) is 6.24. The highest BCUT2D eigenvalue weighted by Crippen LogP contribution is 2.45. The molecule has 4 rings (SSSR count). The summed E-state index contributed by atoms with van der Waals surface area (Å²) in [6.45, 7) is 4.25. The second-order valence-electron chi connectivity index (χ2n) is 6.51. The highest BCUT2D eigenvalue weighted by atomic mass is 32.2. The van der Waals surface area contributed by atoms with E-state index >= 15 is 0 Å². The summed E-state index contributed by atoms with van der Waals surface area (Å²) in [5.41, 5.74) is 5.88. The van der Waals surface area contributed by atoms with Crippen LogP contribution in [0, 0.1) is 13.8 Å². The van der Waals surface area contributed by atoms with Crippen molar-refractivity contribution in [2.45, 2.75) is 18.7 Å². The van der Waals surface area contributed by atoms with Crippen LogP contribution in [-0.2, 0) is 0 Å². The molecule has 1 unspecified atom stereocenters. The van der Waals surface area contributed by atoms with Gasteiger partial charge in [0.05, 0.1) is 11.4 Å². The van der Waals surface area contributed by atoms with Crippen molar-refractivity contribution in [3.05, 3.63) is 101 Å². The molecule has 0 fully saturated rings. The van der Waals surface area contributed by atoms with Crippen LogP contribution in [0.4, 0.5) is 5.69 Å². The van der Waals surface area contributed by atoms with Crippen molar-refractivity contribution in [3.63, 3.8) is 0 Å². The van der Waals surface area contributed by atoms with Crippen molar-refractivity contribution in [2.24, 2.45) is 4.99 Å². The molecule has 3 aromatic rings. The SMILES string of the molecule is Cc1ccc(C2=C[SH](c3cccc(C)c3)C(=Nc3ccccc3)N2)cc1. The van der Waals surface area contributed by atoms with Gasteiger partial charge in [0.1, 0.15) is 0 Å². The Balaban J connectivity index is 1.76. The average Bonchev–Trinajstić information content (AvgIpc) is 3.07. The van der Waals surface area contributed by atoms with Crippen molar-refractivity contribution in [2.75, 3.05) is 0 Å². The number of benzene rings is 3. The quantitative estimate of drug-likeness (QED) is 0.555. The van der Waals surface area contributed by atoms with Crippen LogP contribution in [-0.4, -0.2) is 5.17 Å². The van der Waals surface area contributed by atoms with Crippen molar-refractivity contribution in [3.8, 4) is 0 Å². The van der Waals surface area contributed by atoms with Crippen LogP contribution >= 0.6 is 10.9 Å². The summed E-state index contributed by atoms with van der Waals surface area (Å²) in [5, 5.41) is 6.96. The number of nitrogens with zero attached hydrogens (tertiary/aromatic N) is 1. The molecule has 0 radical (unpaired) electrons. The lowest BCUT2D eigenvalue weighted by Crippen LogP contribution is -2.15. The van der Waals surface area contributed by atoms with Gasteiger partial charge in [-0.3, -0.25) is 0 Å². The third kappa shape index (κ3) is 3.58. The third-order valence-corrected chi connectivity index (χ3v) is 6.39. The molecule has 26 heavy (non-hydrogen) atoms. The molecule has 1 atom stereocenters. The van der Waals surface area contributed by atoms with Gasteiger partial charge in [0.2, 0.25) is 0 Å². The smallest absolute Gasteiger partial charge is 0.153 e. The van der Waals surface area contributed by atoms with Gasteiger partial charge in [-0.15, -0.1) is 10.9 Å². The summed E-state index contributed by atoms with van der Waals surface area (Å²) in [7, 11) is -0.637. The topological polar surface area (TPSA) is 24.4 Å². The van der Waals surface area contributed by atoms with E-state index in [0.717, 1.165) is 16.6 Å². The zero-order valence-corrected chi connectivity index (χ0v) is 15.9. The molecule has 0 aliphatic carbocycles. The van der Waals surface area contributed by atoms with Crippen LogP contribution in [0.25, 0.3) is 5.70 Å². The van der Waals surface area contributed by atoms with Gasteiger partial charge >= 0.3 is 0 Å². The Morgan fingerprint density at radius 2 is 1.54 bits per heavy atom. The van der Waals surface area contributed by atoms with Gasteiger partial charge in [-0.2, -0.15) is 0 Å². The lowest BCUT2D eigenvalue weighted by Gasteiger charge is -2.15. The van der Waals surface area contributed by atoms with Gasteiger partial charge in [-0.1, -0.05) is 65.7 Å². The number of para-hydroxylation sites is 1. The number of aryl methyl sites for hydroxylation is 2. The summed E-state index contributed by atoms with van der Waals surface area (Å²) < 4.78 is 0. The van der Waals surface area contributed by atoms with Crippen molar-refractivity contribution >= 4 is 27.4 Å². The number of rotatable bonds is 3. The van der Waals surface area contributed by atoms with Crippen LogP contribution in [0.3, 0.4) is 0 Å². The Bertz CT molecular complexity index is 973. The first-order valence-corrected chi connectivity index (χ1v) is 10.2. The first-order chi connectivity index (χ1) is 12.7. The van der Waals surface area contributed by atoms with Crippen LogP contribution < -0.4 is 5.32 Å². The second kappa shape index (κ2) is 7.22. The lowest BCUT2D eigenvalue weighted by atomic mass is 10.1. The van der Waals surface area contributed by atoms with E-state index in [1.165, 1.54) is 21.6 Å². The van der Waals surface area contributed by atoms with Gasteiger partial charge < -0.3 is 5.32 Å². The number of thiol groups is 1. The Kier molecular flexibility index (Phi) is 4.63. The molecule has 0 spiro atoms. The van der Waals surface area contributed by atoms with E-state index in [4.69, 9.17) is 4.99 Å². The van der Waals surface area contributed by atoms with Crippen LogP contribution in [0.5, 0.6) is 0 Å². The van der Waals surface area contributed by atoms with Crippen molar-refractivity contribution < 1.29 is 0 Å². The minimum absolute atomic E-state index is 0.637. The highest BCUT2D eigenvalue weighted by molar-refractivity contribution is 8.32. The molecular formula is C23H22N2S. The number of amidine groups is 1. The number of hydrogen-bond donors (Lipinski definition) is 2. The normalized spacial score (nSPS) is 19.2. The maximum absolute atomic E-state index is 4.92. The molecule has 3 aromatic carbocycles. The number of aliphatic imine (C=N–C) groups is 1. The molecule has 0 amide bonds. The maximum atomic E-state index is 4.92. The van der Waals surface area contributed by atoms with Crippen molar-refractivity contribution in [1.82, 2.24) is 5.32 Å². The van der Waals surface area contributed by atoms with Gasteiger partial charge in [0.25, 0.3) is 0 Å². The largest absolute Gasteiger partial charge is 0.335 e. The standard InChI is InChI=1S/C23H22N2S/c1-17-11-13-19(14-12-17)22-16-26(21-10-6-7-18(2)15-21)23(25-22)24-20-8-4-3-5-9-20/h3-16,26H,1-2H3,(H,24,25). The summed E-state index contributed by atoms with van der Waals surface area (Å²) in [6.07, 6.45) is 0. The molecule has 1 N–H and O–H groups in total. The Hall–Kier alpha value is -2.78. The minimum atomic E-state index is -0.637. The summed E-state index contributed by atoms with van der Waals surface area (Å²) in [5.74, 6) is 0. The molecule has 3 heteroatoms. The summed E-state index contributed by atoms with van der Waals surface area (Å²) in [6, 6.07) is 27.5. The fourth-order valence-electron chi connectivity index (χ4n) is 2.96. The van der Waals surface area contributed by atoms with Gasteiger partial charge in [-0.25, -0.2) is 4.99 Å². The molecule has 0 aromatic heterocycles. The van der Waals surface area contributed by atoms with E-state index in [9.17, 15) is 0 Å². The molecule has 1 heterocycles. The van der Waals surface area contributed by atoms with Gasteiger partial charge in [-0.05, 0) is 54.0 Å². The third-order valence-electron chi connectivity index (χ3n) is 4.37. The first kappa shape index (κ1) is 16.7. The van der Waals surface area contributed by atoms with Crippen LogP contribution in [0.2, 0.25) is 0 Å². The monoisotopic (exact) mass is 358 g/mol. The molecule has 130 valence electrons. The van der Waals surface area contributed by atoms with Crippen LogP contribution in [0.1, 0.15) is 16.7 Å². The highest BCUT2D eigenvalue weighted by Gasteiger charge is 2.22. The fraction of sp³-hybridized carbons (Fsp3) is 0.0870. The van der Waals surface area contributed by atoms with E-state index in [-0.39, 0.29) is 0 Å². The van der Waals surface area contributed by atoms with Crippen molar-refractivity contribution in [1.29, 1.82) is 0 Å². The Morgan fingerprint density at radius 1 is 0.769 bits per heavy atom. The fourth-order valence-corrected chi connectivity index (χ4v) is 5.01. The number of nitrogens with one attached hydrogen (secondary N) is 1. The second-order valence-corrected chi connectivity index (χ2v) is 8.45.